The van der Waals surface area contributed by atoms with Crippen molar-refractivity contribution in [3.05, 3.63) is 105 Å². The van der Waals surface area contributed by atoms with Gasteiger partial charge in [0.1, 0.15) is 11.6 Å². The van der Waals surface area contributed by atoms with Gasteiger partial charge in [0.05, 0.1) is 28.0 Å². The van der Waals surface area contributed by atoms with Gasteiger partial charge in [-0.3, -0.25) is 13.9 Å². The summed E-state index contributed by atoms with van der Waals surface area (Å²) < 4.78 is 24.5. The molecule has 0 saturated carbocycles. The smallest absolute Gasteiger partial charge is 0.331 e. The van der Waals surface area contributed by atoms with Crippen molar-refractivity contribution in [3.8, 4) is 34.2 Å². The number of fused-ring (bicyclic) bond motifs is 5. The summed E-state index contributed by atoms with van der Waals surface area (Å²) in [5.41, 5.74) is 2.03. The first kappa shape index (κ1) is 21.7. The lowest BCUT2D eigenvalue weighted by Crippen LogP contribution is -2.37. The molecule has 3 aromatic carbocycles. The second-order valence-electron chi connectivity index (χ2n) is 8.72. The Hall–Kier alpha value is -4.79. The molecule has 0 aliphatic carbocycles. The lowest BCUT2D eigenvalue weighted by atomic mass is 10.0. The maximum Gasteiger partial charge on any atom is 0.331 e. The number of phenols is 2. The minimum atomic E-state index is -0.846. The number of para-hydroxylation sites is 2. The van der Waals surface area contributed by atoms with E-state index in [0.29, 0.717) is 39.5 Å². The van der Waals surface area contributed by atoms with E-state index in [9.17, 15) is 24.2 Å². The van der Waals surface area contributed by atoms with Crippen LogP contribution in [0.5, 0.6) is 17.2 Å². The number of aromatic hydroxyl groups is 2. The van der Waals surface area contributed by atoms with Crippen LogP contribution in [0.2, 0.25) is 0 Å². The molecular formula is C27H20FN3O5. The van der Waals surface area contributed by atoms with Gasteiger partial charge in [0.15, 0.2) is 17.6 Å². The molecule has 2 N–H and O–H groups in total. The van der Waals surface area contributed by atoms with Gasteiger partial charge in [-0.25, -0.2) is 9.18 Å². The monoisotopic (exact) mass is 485 g/mol. The van der Waals surface area contributed by atoms with Crippen molar-refractivity contribution in [1.82, 2.24) is 13.7 Å². The molecule has 0 fully saturated rings. The Balaban J connectivity index is 1.85. The Morgan fingerprint density at radius 2 is 1.61 bits per heavy atom. The summed E-state index contributed by atoms with van der Waals surface area (Å²) in [7, 11) is 2.99. The second kappa shape index (κ2) is 7.61. The number of benzene rings is 3. The second-order valence-corrected chi connectivity index (χ2v) is 8.72. The standard InChI is InChI=1S/C27H20FN3O5/c1-29-23-21(26(34)30(2)27(29)35)22(14-7-10-16(28)11-8-14)31-17-5-3-4-6-20(17)36-25(24(23)31)15-9-12-18(32)19(33)13-15/h3-13,25,32-33H,1-2H3. The van der Waals surface area contributed by atoms with E-state index < -0.39 is 23.2 Å². The molecule has 5 aromatic rings. The number of ether oxygens (including phenoxy) is 1. The molecule has 1 unspecified atom stereocenters. The highest BCUT2D eigenvalue weighted by Crippen LogP contribution is 2.47. The number of halogens is 1. The molecule has 0 spiro atoms. The van der Waals surface area contributed by atoms with Gasteiger partial charge in [0.2, 0.25) is 0 Å². The van der Waals surface area contributed by atoms with Gasteiger partial charge < -0.3 is 19.5 Å². The quantitative estimate of drug-likeness (QED) is 0.372. The van der Waals surface area contributed by atoms with Crippen molar-refractivity contribution in [2.75, 3.05) is 0 Å². The summed E-state index contributed by atoms with van der Waals surface area (Å²) in [6, 6.07) is 17.4. The SMILES string of the molecule is Cn1c(=O)c2c(-c3ccc(F)cc3)n3c(c2n(C)c1=O)C(c1ccc(O)c(O)c1)Oc1ccccc1-3. The first-order chi connectivity index (χ1) is 17.3. The van der Waals surface area contributed by atoms with Crippen molar-refractivity contribution in [3.63, 3.8) is 0 Å². The molecule has 36 heavy (non-hydrogen) atoms. The fourth-order valence-electron chi connectivity index (χ4n) is 4.92. The first-order valence-electron chi connectivity index (χ1n) is 11.2. The third kappa shape index (κ3) is 2.92. The topological polar surface area (TPSA) is 98.6 Å². The van der Waals surface area contributed by atoms with Crippen molar-refractivity contribution >= 4 is 10.9 Å². The zero-order valence-electron chi connectivity index (χ0n) is 19.3. The normalized spacial score (nSPS) is 14.4. The Kier molecular flexibility index (Phi) is 4.59. The van der Waals surface area contributed by atoms with Gasteiger partial charge in [-0.2, -0.15) is 0 Å². The molecule has 6 rings (SSSR count). The van der Waals surface area contributed by atoms with Crippen molar-refractivity contribution in [2.24, 2.45) is 14.1 Å². The van der Waals surface area contributed by atoms with Crippen LogP contribution in [-0.4, -0.2) is 23.9 Å². The van der Waals surface area contributed by atoms with E-state index in [4.69, 9.17) is 4.74 Å². The van der Waals surface area contributed by atoms with Crippen LogP contribution in [-0.2, 0) is 14.1 Å². The molecule has 8 nitrogen and oxygen atoms in total. The van der Waals surface area contributed by atoms with Crippen LogP contribution in [0.25, 0.3) is 27.8 Å². The van der Waals surface area contributed by atoms with E-state index in [-0.39, 0.29) is 16.9 Å². The van der Waals surface area contributed by atoms with Gasteiger partial charge in [-0.15, -0.1) is 0 Å². The molecular weight excluding hydrogens is 465 g/mol. The highest BCUT2D eigenvalue weighted by molar-refractivity contribution is 5.98. The lowest BCUT2D eigenvalue weighted by Gasteiger charge is -2.30. The van der Waals surface area contributed by atoms with Gasteiger partial charge in [-0.1, -0.05) is 18.2 Å². The van der Waals surface area contributed by atoms with E-state index in [1.54, 1.807) is 31.3 Å². The zero-order chi connectivity index (χ0) is 25.3. The van der Waals surface area contributed by atoms with Gasteiger partial charge in [0, 0.05) is 19.7 Å². The van der Waals surface area contributed by atoms with Crippen molar-refractivity contribution < 1.29 is 19.3 Å². The highest BCUT2D eigenvalue weighted by atomic mass is 19.1. The Bertz CT molecular complexity index is 1820. The van der Waals surface area contributed by atoms with Crippen molar-refractivity contribution in [2.45, 2.75) is 6.10 Å². The number of nitrogens with zero attached hydrogens (tertiary/aromatic N) is 3. The molecule has 3 heterocycles. The van der Waals surface area contributed by atoms with E-state index in [0.717, 1.165) is 4.57 Å². The Morgan fingerprint density at radius 3 is 2.33 bits per heavy atom. The van der Waals surface area contributed by atoms with E-state index in [1.165, 1.54) is 35.9 Å². The molecule has 2 aromatic heterocycles. The highest BCUT2D eigenvalue weighted by Gasteiger charge is 2.36. The number of hydrogen-bond donors (Lipinski definition) is 2. The Labute approximate surface area is 203 Å². The molecule has 0 amide bonds. The molecule has 0 radical (unpaired) electrons. The number of aryl methyl sites for hydroxylation is 1. The zero-order valence-corrected chi connectivity index (χ0v) is 19.3. The fraction of sp³-hybridized carbons (Fsp3) is 0.111. The van der Waals surface area contributed by atoms with Gasteiger partial charge >= 0.3 is 5.69 Å². The van der Waals surface area contributed by atoms with Crippen LogP contribution >= 0.6 is 0 Å². The molecule has 1 atom stereocenters. The summed E-state index contributed by atoms with van der Waals surface area (Å²) in [5.74, 6) is -0.535. The fourth-order valence-corrected chi connectivity index (χ4v) is 4.92. The average Bonchev–Trinajstić information content (AvgIpc) is 3.24. The largest absolute Gasteiger partial charge is 0.504 e. The minimum Gasteiger partial charge on any atom is -0.504 e. The average molecular weight is 485 g/mol. The summed E-state index contributed by atoms with van der Waals surface area (Å²) in [4.78, 5) is 26.6. The predicted molar refractivity (Wildman–Crippen MR) is 131 cm³/mol. The first-order valence-corrected chi connectivity index (χ1v) is 11.2. The van der Waals surface area contributed by atoms with Gasteiger partial charge in [-0.05, 0) is 54.1 Å². The van der Waals surface area contributed by atoms with Crippen molar-refractivity contribution in [1.29, 1.82) is 0 Å². The molecule has 1 aliphatic rings. The third-order valence-electron chi connectivity index (χ3n) is 6.63. The van der Waals surface area contributed by atoms with E-state index in [1.807, 2.05) is 22.8 Å². The molecule has 9 heteroatoms. The van der Waals surface area contributed by atoms with Gasteiger partial charge in [0.25, 0.3) is 5.56 Å². The summed E-state index contributed by atoms with van der Waals surface area (Å²) in [5, 5.41) is 20.4. The van der Waals surface area contributed by atoms with Crippen LogP contribution in [0.1, 0.15) is 17.4 Å². The third-order valence-corrected chi connectivity index (χ3v) is 6.63. The minimum absolute atomic E-state index is 0.273. The number of aromatic nitrogens is 3. The molecule has 0 bridgehead atoms. The number of rotatable bonds is 2. The van der Waals surface area contributed by atoms with Crippen LogP contribution in [0.4, 0.5) is 4.39 Å². The van der Waals surface area contributed by atoms with Crippen LogP contribution in [0.15, 0.2) is 76.3 Å². The van der Waals surface area contributed by atoms with E-state index in [2.05, 4.69) is 0 Å². The maximum atomic E-state index is 13.9. The Morgan fingerprint density at radius 1 is 0.889 bits per heavy atom. The number of hydrogen-bond acceptors (Lipinski definition) is 5. The summed E-state index contributed by atoms with van der Waals surface area (Å²) in [6.07, 6.45) is -0.846. The molecule has 0 saturated heterocycles. The molecule has 180 valence electrons. The van der Waals surface area contributed by atoms with Crippen LogP contribution in [0.3, 0.4) is 0 Å². The molecule has 1 aliphatic heterocycles. The maximum absolute atomic E-state index is 13.9. The predicted octanol–water partition coefficient (Wildman–Crippen LogP) is 3.73. The summed E-state index contributed by atoms with van der Waals surface area (Å²) >= 11 is 0. The van der Waals surface area contributed by atoms with Crippen LogP contribution in [0, 0.1) is 5.82 Å². The van der Waals surface area contributed by atoms with Crippen LogP contribution < -0.4 is 16.0 Å². The lowest BCUT2D eigenvalue weighted by molar-refractivity contribution is 0.228. The number of phenolic OH excluding ortho intramolecular Hbond substituents is 2. The summed E-state index contributed by atoms with van der Waals surface area (Å²) in [6.45, 7) is 0. The van der Waals surface area contributed by atoms with E-state index >= 15 is 0 Å².